The topological polar surface area (TPSA) is 18.5 Å². The van der Waals surface area contributed by atoms with E-state index in [0.717, 1.165) is 36.3 Å². The summed E-state index contributed by atoms with van der Waals surface area (Å²) in [6, 6.07) is 6.07. The molecule has 1 saturated heterocycles. The molecule has 0 amide bonds. The molecule has 0 N–H and O–H groups in total. The van der Waals surface area contributed by atoms with E-state index in [2.05, 4.69) is 22.0 Å². The Labute approximate surface area is 115 Å². The van der Waals surface area contributed by atoms with E-state index in [1.54, 1.807) is 7.11 Å². The molecule has 94 valence electrons. The van der Waals surface area contributed by atoms with Gasteiger partial charge in [-0.2, -0.15) is 0 Å². The maximum atomic E-state index is 6.12. The standard InChI is InChI=1S/C13H16BrClO2/c1-16-12-3-2-11(14)6-10(12)7-13(8-15)4-5-17-9-13/h2-3,6H,4-5,7-9H2,1H3. The van der Waals surface area contributed by atoms with Crippen molar-refractivity contribution in [2.75, 3.05) is 26.2 Å². The molecule has 1 aromatic carbocycles. The lowest BCUT2D eigenvalue weighted by Crippen LogP contribution is -2.26. The van der Waals surface area contributed by atoms with Crippen LogP contribution in [-0.2, 0) is 11.2 Å². The average molecular weight is 320 g/mol. The van der Waals surface area contributed by atoms with E-state index in [-0.39, 0.29) is 5.41 Å². The van der Waals surface area contributed by atoms with Crippen molar-refractivity contribution >= 4 is 27.5 Å². The molecular weight excluding hydrogens is 303 g/mol. The van der Waals surface area contributed by atoms with E-state index < -0.39 is 0 Å². The van der Waals surface area contributed by atoms with Gasteiger partial charge in [-0.05, 0) is 36.6 Å². The van der Waals surface area contributed by atoms with Crippen LogP contribution < -0.4 is 4.74 Å². The molecule has 1 aliphatic heterocycles. The van der Waals surface area contributed by atoms with Gasteiger partial charge < -0.3 is 9.47 Å². The molecule has 17 heavy (non-hydrogen) atoms. The van der Waals surface area contributed by atoms with Crippen LogP contribution >= 0.6 is 27.5 Å². The monoisotopic (exact) mass is 318 g/mol. The summed E-state index contributed by atoms with van der Waals surface area (Å²) in [5, 5.41) is 0. The summed E-state index contributed by atoms with van der Waals surface area (Å²) < 4.78 is 12.0. The molecule has 0 saturated carbocycles. The van der Waals surface area contributed by atoms with Gasteiger partial charge in [-0.1, -0.05) is 15.9 Å². The van der Waals surface area contributed by atoms with Gasteiger partial charge in [0, 0.05) is 22.4 Å². The van der Waals surface area contributed by atoms with Gasteiger partial charge in [0.2, 0.25) is 0 Å². The Balaban J connectivity index is 2.24. The first-order valence-electron chi connectivity index (χ1n) is 5.65. The largest absolute Gasteiger partial charge is 0.496 e. The van der Waals surface area contributed by atoms with E-state index in [4.69, 9.17) is 21.1 Å². The fourth-order valence-electron chi connectivity index (χ4n) is 2.23. The summed E-state index contributed by atoms with van der Waals surface area (Å²) in [6.07, 6.45) is 1.92. The van der Waals surface area contributed by atoms with Crippen molar-refractivity contribution in [3.8, 4) is 5.75 Å². The lowest BCUT2D eigenvalue weighted by atomic mass is 9.82. The second kappa shape index (κ2) is 5.59. The Kier molecular flexibility index (Phi) is 4.34. The summed E-state index contributed by atoms with van der Waals surface area (Å²) in [7, 11) is 1.70. The molecule has 0 spiro atoms. The zero-order valence-electron chi connectivity index (χ0n) is 9.84. The Hall–Kier alpha value is -0.250. The van der Waals surface area contributed by atoms with Gasteiger partial charge in [0.1, 0.15) is 5.75 Å². The molecule has 0 bridgehead atoms. The molecule has 2 rings (SSSR count). The van der Waals surface area contributed by atoms with Crippen LogP contribution in [0.3, 0.4) is 0 Å². The van der Waals surface area contributed by atoms with Crippen LogP contribution in [0.25, 0.3) is 0 Å². The maximum absolute atomic E-state index is 6.12. The van der Waals surface area contributed by atoms with Crippen molar-refractivity contribution < 1.29 is 9.47 Å². The normalized spacial score (nSPS) is 23.9. The smallest absolute Gasteiger partial charge is 0.122 e. The molecule has 1 aliphatic rings. The second-order valence-electron chi connectivity index (χ2n) is 4.57. The summed E-state index contributed by atoms with van der Waals surface area (Å²) in [4.78, 5) is 0. The molecule has 1 fully saturated rings. The van der Waals surface area contributed by atoms with Crippen LogP contribution in [0.2, 0.25) is 0 Å². The van der Waals surface area contributed by atoms with E-state index >= 15 is 0 Å². The van der Waals surface area contributed by atoms with E-state index in [1.807, 2.05) is 12.1 Å². The molecule has 1 atom stereocenters. The number of methoxy groups -OCH3 is 1. The fraction of sp³-hybridized carbons (Fsp3) is 0.538. The van der Waals surface area contributed by atoms with Crippen molar-refractivity contribution in [1.82, 2.24) is 0 Å². The number of hydrogen-bond acceptors (Lipinski definition) is 2. The van der Waals surface area contributed by atoms with Gasteiger partial charge >= 0.3 is 0 Å². The van der Waals surface area contributed by atoms with Crippen molar-refractivity contribution in [1.29, 1.82) is 0 Å². The van der Waals surface area contributed by atoms with Gasteiger partial charge in [-0.25, -0.2) is 0 Å². The molecule has 1 aromatic rings. The highest BCUT2D eigenvalue weighted by molar-refractivity contribution is 9.10. The fourth-order valence-corrected chi connectivity index (χ4v) is 2.94. The molecule has 0 aliphatic carbocycles. The Bertz CT molecular complexity index is 389. The molecule has 4 heteroatoms. The molecule has 0 aromatic heterocycles. The molecule has 2 nitrogen and oxygen atoms in total. The quantitative estimate of drug-likeness (QED) is 0.789. The van der Waals surface area contributed by atoms with Crippen molar-refractivity contribution in [2.45, 2.75) is 12.8 Å². The first kappa shape index (κ1) is 13.2. The minimum absolute atomic E-state index is 0.0651. The van der Waals surface area contributed by atoms with Gasteiger partial charge in [0.25, 0.3) is 0 Å². The number of rotatable bonds is 4. The molecule has 1 heterocycles. The van der Waals surface area contributed by atoms with Crippen LogP contribution in [0.1, 0.15) is 12.0 Å². The van der Waals surface area contributed by atoms with Crippen LogP contribution in [0.15, 0.2) is 22.7 Å². The van der Waals surface area contributed by atoms with Crippen molar-refractivity contribution in [3.05, 3.63) is 28.2 Å². The van der Waals surface area contributed by atoms with E-state index in [0.29, 0.717) is 5.88 Å². The third-order valence-corrected chi connectivity index (χ3v) is 4.34. The number of halogens is 2. The van der Waals surface area contributed by atoms with Crippen molar-refractivity contribution in [3.63, 3.8) is 0 Å². The van der Waals surface area contributed by atoms with Gasteiger partial charge in [0.15, 0.2) is 0 Å². The third kappa shape index (κ3) is 2.95. The highest BCUT2D eigenvalue weighted by Crippen LogP contribution is 2.37. The summed E-state index contributed by atoms with van der Waals surface area (Å²) >= 11 is 9.61. The maximum Gasteiger partial charge on any atom is 0.122 e. The molecule has 0 radical (unpaired) electrons. The zero-order chi connectivity index (χ0) is 12.3. The van der Waals surface area contributed by atoms with Gasteiger partial charge in [0.05, 0.1) is 13.7 Å². The Morgan fingerprint density at radius 3 is 2.94 bits per heavy atom. The minimum atomic E-state index is 0.0651. The number of benzene rings is 1. The summed E-state index contributed by atoms with van der Waals surface area (Å²) in [6.45, 7) is 1.55. The first-order chi connectivity index (χ1) is 8.19. The first-order valence-corrected chi connectivity index (χ1v) is 6.98. The zero-order valence-corrected chi connectivity index (χ0v) is 12.2. The molecular formula is C13H16BrClO2. The third-order valence-electron chi connectivity index (χ3n) is 3.28. The number of ether oxygens (including phenoxy) is 2. The van der Waals surface area contributed by atoms with Crippen LogP contribution in [-0.4, -0.2) is 26.2 Å². The second-order valence-corrected chi connectivity index (χ2v) is 5.75. The van der Waals surface area contributed by atoms with E-state index in [1.165, 1.54) is 5.56 Å². The lowest BCUT2D eigenvalue weighted by Gasteiger charge is -2.25. The SMILES string of the molecule is COc1ccc(Br)cc1CC1(CCl)CCOC1. The van der Waals surface area contributed by atoms with Crippen LogP contribution in [0.5, 0.6) is 5.75 Å². The number of alkyl halides is 1. The predicted molar refractivity (Wildman–Crippen MR) is 73.0 cm³/mol. The highest BCUT2D eigenvalue weighted by Gasteiger charge is 2.35. The van der Waals surface area contributed by atoms with Gasteiger partial charge in [-0.15, -0.1) is 11.6 Å². The summed E-state index contributed by atoms with van der Waals surface area (Å²) in [5.41, 5.74) is 1.25. The predicted octanol–water partition coefficient (Wildman–Crippen LogP) is 3.65. The van der Waals surface area contributed by atoms with Crippen LogP contribution in [0, 0.1) is 5.41 Å². The number of hydrogen-bond donors (Lipinski definition) is 0. The van der Waals surface area contributed by atoms with Gasteiger partial charge in [-0.3, -0.25) is 0 Å². The lowest BCUT2D eigenvalue weighted by molar-refractivity contribution is 0.160. The summed E-state index contributed by atoms with van der Waals surface area (Å²) in [5.74, 6) is 1.55. The Morgan fingerprint density at radius 2 is 2.35 bits per heavy atom. The van der Waals surface area contributed by atoms with E-state index in [9.17, 15) is 0 Å². The average Bonchev–Trinajstić information content (AvgIpc) is 2.79. The van der Waals surface area contributed by atoms with Crippen molar-refractivity contribution in [2.24, 2.45) is 5.41 Å². The van der Waals surface area contributed by atoms with Crippen LogP contribution in [0.4, 0.5) is 0 Å². The highest BCUT2D eigenvalue weighted by atomic mass is 79.9. The molecule has 1 unspecified atom stereocenters. The minimum Gasteiger partial charge on any atom is -0.496 e. The Morgan fingerprint density at radius 1 is 1.53 bits per heavy atom.